The molecule has 0 radical (unpaired) electrons. The van der Waals surface area contributed by atoms with Gasteiger partial charge in [0.15, 0.2) is 0 Å². The van der Waals surface area contributed by atoms with Gasteiger partial charge in [-0.25, -0.2) is 9.97 Å². The lowest BCUT2D eigenvalue weighted by Gasteiger charge is -2.31. The minimum Gasteiger partial charge on any atom is -0.396 e. The number of hydrogen-bond donors (Lipinski definition) is 1. The first kappa shape index (κ1) is 15.1. The number of aliphatic hydroxyl groups excluding tert-OH is 1. The Kier molecular flexibility index (Phi) is 4.13. The highest BCUT2D eigenvalue weighted by Gasteiger charge is 2.21. The third-order valence-corrected chi connectivity index (χ3v) is 4.75. The van der Waals surface area contributed by atoms with Crippen LogP contribution in [0.4, 0.5) is 5.95 Å². The zero-order valence-electron chi connectivity index (χ0n) is 13.6. The van der Waals surface area contributed by atoms with E-state index in [1.165, 1.54) is 10.8 Å². The Hall–Kier alpha value is -2.46. The highest BCUT2D eigenvalue weighted by molar-refractivity contribution is 5.86. The number of benzene rings is 2. The van der Waals surface area contributed by atoms with Gasteiger partial charge in [-0.2, -0.15) is 0 Å². The molecule has 2 heterocycles. The lowest BCUT2D eigenvalue weighted by atomic mass is 9.99. The van der Waals surface area contributed by atoms with Crippen LogP contribution in [0.2, 0.25) is 0 Å². The molecule has 2 aromatic carbocycles. The van der Waals surface area contributed by atoms with E-state index in [0.29, 0.717) is 5.92 Å². The number of rotatable bonds is 3. The summed E-state index contributed by atoms with van der Waals surface area (Å²) in [7, 11) is 0. The molecule has 1 N–H and O–H groups in total. The van der Waals surface area contributed by atoms with Gasteiger partial charge in [-0.05, 0) is 41.7 Å². The second-order valence-corrected chi connectivity index (χ2v) is 6.44. The van der Waals surface area contributed by atoms with Gasteiger partial charge >= 0.3 is 0 Å². The van der Waals surface area contributed by atoms with Crippen LogP contribution in [-0.2, 0) is 0 Å². The zero-order valence-corrected chi connectivity index (χ0v) is 13.6. The van der Waals surface area contributed by atoms with Gasteiger partial charge in [-0.15, -0.1) is 0 Å². The molecule has 3 aromatic rings. The average Bonchev–Trinajstić information content (AvgIpc) is 2.68. The Morgan fingerprint density at radius 2 is 1.96 bits per heavy atom. The van der Waals surface area contributed by atoms with E-state index in [9.17, 15) is 5.11 Å². The molecule has 0 aliphatic carbocycles. The van der Waals surface area contributed by atoms with E-state index in [-0.39, 0.29) is 6.61 Å². The Morgan fingerprint density at radius 3 is 2.83 bits per heavy atom. The van der Waals surface area contributed by atoms with Crippen molar-refractivity contribution in [2.75, 3.05) is 24.6 Å². The van der Waals surface area contributed by atoms with E-state index in [2.05, 4.69) is 52.3 Å². The number of aliphatic hydroxyl groups is 1. The van der Waals surface area contributed by atoms with Gasteiger partial charge in [0.25, 0.3) is 0 Å². The van der Waals surface area contributed by atoms with Gasteiger partial charge in [-0.3, -0.25) is 0 Å². The Bertz CT molecular complexity index is 849. The molecule has 1 fully saturated rings. The van der Waals surface area contributed by atoms with Gasteiger partial charge in [-0.1, -0.05) is 36.4 Å². The SMILES string of the molecule is OCC1CCCN(c2nccc(-c3ccc4ccccc4c3)n2)C1. The van der Waals surface area contributed by atoms with Crippen LogP contribution in [0, 0.1) is 5.92 Å². The standard InChI is InChI=1S/C20H21N3O/c24-14-15-4-3-11-23(13-15)20-21-10-9-19(22-20)18-8-7-16-5-1-2-6-17(16)12-18/h1-2,5-10,12,15,24H,3-4,11,13-14H2. The van der Waals surface area contributed by atoms with Crippen LogP contribution < -0.4 is 4.90 Å². The summed E-state index contributed by atoms with van der Waals surface area (Å²) in [6, 6.07) is 16.7. The molecule has 1 aromatic heterocycles. The van der Waals surface area contributed by atoms with Crippen molar-refractivity contribution >= 4 is 16.7 Å². The molecule has 1 saturated heterocycles. The predicted molar refractivity (Wildman–Crippen MR) is 97.0 cm³/mol. The van der Waals surface area contributed by atoms with E-state index in [0.717, 1.165) is 43.1 Å². The highest BCUT2D eigenvalue weighted by atomic mass is 16.3. The number of piperidine rings is 1. The number of anilines is 1. The average molecular weight is 319 g/mol. The third kappa shape index (κ3) is 2.97. The van der Waals surface area contributed by atoms with Crippen LogP contribution in [0.3, 0.4) is 0 Å². The molecule has 4 rings (SSSR count). The van der Waals surface area contributed by atoms with Gasteiger partial charge < -0.3 is 10.0 Å². The Morgan fingerprint density at radius 1 is 1.08 bits per heavy atom. The van der Waals surface area contributed by atoms with Gasteiger partial charge in [0.1, 0.15) is 0 Å². The van der Waals surface area contributed by atoms with E-state index < -0.39 is 0 Å². The minimum absolute atomic E-state index is 0.237. The summed E-state index contributed by atoms with van der Waals surface area (Å²) in [5.41, 5.74) is 2.05. The molecule has 1 aliphatic heterocycles. The van der Waals surface area contributed by atoms with Crippen LogP contribution in [0.25, 0.3) is 22.0 Å². The second-order valence-electron chi connectivity index (χ2n) is 6.44. The summed E-state index contributed by atoms with van der Waals surface area (Å²) in [5.74, 6) is 1.09. The smallest absolute Gasteiger partial charge is 0.225 e. The molecule has 4 nitrogen and oxygen atoms in total. The molecule has 1 unspecified atom stereocenters. The van der Waals surface area contributed by atoms with E-state index in [1.807, 2.05) is 12.3 Å². The normalized spacial score (nSPS) is 18.0. The summed E-state index contributed by atoms with van der Waals surface area (Å²) in [5, 5.41) is 11.9. The van der Waals surface area contributed by atoms with Gasteiger partial charge in [0, 0.05) is 31.5 Å². The zero-order chi connectivity index (χ0) is 16.4. The molecular formula is C20H21N3O. The van der Waals surface area contributed by atoms with Crippen molar-refractivity contribution in [2.24, 2.45) is 5.92 Å². The molecular weight excluding hydrogens is 298 g/mol. The van der Waals surface area contributed by atoms with Crippen LogP contribution in [0.1, 0.15) is 12.8 Å². The highest BCUT2D eigenvalue weighted by Crippen LogP contribution is 2.25. The van der Waals surface area contributed by atoms with E-state index in [4.69, 9.17) is 4.98 Å². The summed E-state index contributed by atoms with van der Waals surface area (Å²) < 4.78 is 0. The maximum atomic E-state index is 9.42. The van der Waals surface area contributed by atoms with Gasteiger partial charge in [0.05, 0.1) is 5.69 Å². The Balaban J connectivity index is 1.66. The number of hydrogen-bond acceptors (Lipinski definition) is 4. The first-order valence-electron chi connectivity index (χ1n) is 8.51. The van der Waals surface area contributed by atoms with Crippen molar-refractivity contribution in [2.45, 2.75) is 12.8 Å². The fourth-order valence-corrected chi connectivity index (χ4v) is 3.41. The third-order valence-electron chi connectivity index (χ3n) is 4.75. The van der Waals surface area contributed by atoms with Crippen LogP contribution >= 0.6 is 0 Å². The van der Waals surface area contributed by atoms with Gasteiger partial charge in [0.2, 0.25) is 5.95 Å². The second kappa shape index (κ2) is 6.57. The molecule has 0 amide bonds. The van der Waals surface area contributed by atoms with Crippen molar-refractivity contribution in [3.05, 3.63) is 54.7 Å². The number of fused-ring (bicyclic) bond motifs is 1. The molecule has 0 saturated carbocycles. The molecule has 1 atom stereocenters. The molecule has 4 heteroatoms. The summed E-state index contributed by atoms with van der Waals surface area (Å²) in [4.78, 5) is 11.4. The Labute approximate surface area is 141 Å². The lowest BCUT2D eigenvalue weighted by molar-refractivity contribution is 0.208. The lowest BCUT2D eigenvalue weighted by Crippen LogP contribution is -2.37. The van der Waals surface area contributed by atoms with E-state index in [1.54, 1.807) is 0 Å². The van der Waals surface area contributed by atoms with Crippen LogP contribution in [-0.4, -0.2) is 34.8 Å². The van der Waals surface area contributed by atoms with Crippen molar-refractivity contribution in [3.63, 3.8) is 0 Å². The minimum atomic E-state index is 0.237. The van der Waals surface area contributed by atoms with E-state index >= 15 is 0 Å². The fraction of sp³-hybridized carbons (Fsp3) is 0.300. The van der Waals surface area contributed by atoms with Crippen molar-refractivity contribution in [3.8, 4) is 11.3 Å². The van der Waals surface area contributed by atoms with Crippen LogP contribution in [0.5, 0.6) is 0 Å². The first-order valence-corrected chi connectivity index (χ1v) is 8.51. The monoisotopic (exact) mass is 319 g/mol. The molecule has 0 spiro atoms. The summed E-state index contributed by atoms with van der Waals surface area (Å²) in [6.45, 7) is 2.02. The van der Waals surface area contributed by atoms with Crippen LogP contribution in [0.15, 0.2) is 54.7 Å². The summed E-state index contributed by atoms with van der Waals surface area (Å²) in [6.07, 6.45) is 3.99. The van der Waals surface area contributed by atoms with Crippen molar-refractivity contribution < 1.29 is 5.11 Å². The number of nitrogens with zero attached hydrogens (tertiary/aromatic N) is 3. The van der Waals surface area contributed by atoms with Crippen molar-refractivity contribution in [1.29, 1.82) is 0 Å². The topological polar surface area (TPSA) is 49.2 Å². The first-order chi connectivity index (χ1) is 11.8. The molecule has 1 aliphatic rings. The summed E-state index contributed by atoms with van der Waals surface area (Å²) >= 11 is 0. The predicted octanol–water partition coefficient (Wildman–Crippen LogP) is 3.51. The molecule has 24 heavy (non-hydrogen) atoms. The quantitative estimate of drug-likeness (QED) is 0.802. The van der Waals surface area contributed by atoms with Crippen molar-refractivity contribution in [1.82, 2.24) is 9.97 Å². The fourth-order valence-electron chi connectivity index (χ4n) is 3.41. The maximum Gasteiger partial charge on any atom is 0.225 e. The molecule has 122 valence electrons. The maximum absolute atomic E-state index is 9.42. The molecule has 0 bridgehead atoms. The number of aromatic nitrogens is 2. The largest absolute Gasteiger partial charge is 0.396 e.